The number of aromatic nitrogens is 4. The van der Waals surface area contributed by atoms with Crippen LogP contribution in [-0.2, 0) is 16.1 Å². The summed E-state index contributed by atoms with van der Waals surface area (Å²) in [5.74, 6) is 0. The third kappa shape index (κ3) is 3.17. The van der Waals surface area contributed by atoms with E-state index in [1.807, 2.05) is 30.3 Å². The lowest BCUT2D eigenvalue weighted by Gasteiger charge is -2.16. The number of hydrogen-bond acceptors (Lipinski definition) is 7. The average Bonchev–Trinajstić information content (AvgIpc) is 3.20. The maximum atomic E-state index is 10.4. The Morgan fingerprint density at radius 3 is 2.73 bits per heavy atom. The Kier molecular flexibility index (Phi) is 4.84. The highest BCUT2D eigenvalue weighted by Gasteiger charge is 2.44. The first kappa shape index (κ1) is 17.3. The third-order valence-electron chi connectivity index (χ3n) is 4.32. The van der Waals surface area contributed by atoms with E-state index in [9.17, 15) is 10.2 Å². The minimum absolute atomic E-state index is 0.145. The minimum Gasteiger partial charge on any atom is -0.387 e. The van der Waals surface area contributed by atoms with Crippen LogP contribution >= 0.6 is 11.6 Å². The first-order valence-electron chi connectivity index (χ1n) is 8.11. The summed E-state index contributed by atoms with van der Waals surface area (Å²) in [5, 5.41) is 20.9. The molecule has 1 fully saturated rings. The van der Waals surface area contributed by atoms with Crippen LogP contribution in [0.3, 0.4) is 0 Å². The lowest BCUT2D eigenvalue weighted by molar-refractivity contribution is -0.0682. The summed E-state index contributed by atoms with van der Waals surface area (Å²) in [6.07, 6.45) is -0.989. The highest BCUT2D eigenvalue weighted by atomic mass is 35.5. The fraction of sp³-hybridized carbons (Fsp3) is 0.353. The van der Waals surface area contributed by atoms with Crippen LogP contribution in [0.1, 0.15) is 11.8 Å². The Balaban J connectivity index is 1.46. The number of rotatable bonds is 5. The topological polar surface area (TPSA) is 103 Å². The molecule has 26 heavy (non-hydrogen) atoms. The molecule has 0 saturated carbocycles. The molecule has 1 aromatic carbocycles. The van der Waals surface area contributed by atoms with Gasteiger partial charge in [-0.05, 0) is 5.56 Å². The predicted octanol–water partition coefficient (Wildman–Crippen LogP) is 1.32. The molecule has 2 aromatic heterocycles. The number of nitrogens with zero attached hydrogens (tertiary/aromatic N) is 4. The van der Waals surface area contributed by atoms with Crippen molar-refractivity contribution >= 4 is 22.8 Å². The molecular weight excluding hydrogens is 360 g/mol. The van der Waals surface area contributed by atoms with Crippen LogP contribution in [0.25, 0.3) is 11.2 Å². The molecule has 2 N–H and O–H groups in total. The summed E-state index contributed by atoms with van der Waals surface area (Å²) < 4.78 is 13.0. The molecule has 1 saturated heterocycles. The van der Waals surface area contributed by atoms with Gasteiger partial charge in [-0.15, -0.1) is 0 Å². The van der Waals surface area contributed by atoms with Gasteiger partial charge in [-0.2, -0.15) is 0 Å². The van der Waals surface area contributed by atoms with Gasteiger partial charge in [0.25, 0.3) is 0 Å². The van der Waals surface area contributed by atoms with Crippen LogP contribution in [0.2, 0.25) is 5.15 Å². The first-order chi connectivity index (χ1) is 12.6. The number of ether oxygens (including phenoxy) is 2. The van der Waals surface area contributed by atoms with Gasteiger partial charge in [-0.1, -0.05) is 41.9 Å². The smallest absolute Gasteiger partial charge is 0.167 e. The van der Waals surface area contributed by atoms with Crippen molar-refractivity contribution < 1.29 is 19.7 Å². The Morgan fingerprint density at radius 1 is 1.12 bits per heavy atom. The molecule has 0 spiro atoms. The fourth-order valence-electron chi connectivity index (χ4n) is 2.97. The quantitative estimate of drug-likeness (QED) is 0.647. The zero-order chi connectivity index (χ0) is 18.1. The highest BCUT2D eigenvalue weighted by molar-refractivity contribution is 6.33. The number of hydrogen-bond donors (Lipinski definition) is 2. The Bertz CT molecular complexity index is 891. The molecule has 3 aromatic rings. The Labute approximate surface area is 154 Å². The van der Waals surface area contributed by atoms with Gasteiger partial charge in [0.1, 0.15) is 30.2 Å². The molecule has 0 amide bonds. The van der Waals surface area contributed by atoms with Gasteiger partial charge in [-0.25, -0.2) is 15.0 Å². The minimum atomic E-state index is -1.15. The van der Waals surface area contributed by atoms with Crippen LogP contribution in [0.4, 0.5) is 0 Å². The van der Waals surface area contributed by atoms with E-state index in [4.69, 9.17) is 21.1 Å². The van der Waals surface area contributed by atoms with Gasteiger partial charge in [0.15, 0.2) is 17.0 Å². The number of imidazole rings is 1. The van der Waals surface area contributed by atoms with Crippen molar-refractivity contribution in [3.8, 4) is 0 Å². The van der Waals surface area contributed by atoms with E-state index in [1.54, 1.807) is 0 Å². The van der Waals surface area contributed by atoms with Gasteiger partial charge >= 0.3 is 0 Å². The van der Waals surface area contributed by atoms with E-state index < -0.39 is 24.5 Å². The molecule has 0 radical (unpaired) electrons. The second-order valence-corrected chi connectivity index (χ2v) is 6.39. The molecule has 3 heterocycles. The van der Waals surface area contributed by atoms with Crippen LogP contribution in [-0.4, -0.2) is 54.7 Å². The summed E-state index contributed by atoms with van der Waals surface area (Å²) in [4.78, 5) is 12.2. The van der Waals surface area contributed by atoms with Crippen LogP contribution < -0.4 is 0 Å². The van der Waals surface area contributed by atoms with Gasteiger partial charge in [0, 0.05) is 0 Å². The standard InChI is InChI=1S/C17H17ClN4O4/c18-15-12-16(20-8-19-15)22(9-21-12)17-14(24)13(23)11(26-17)7-25-6-10-4-2-1-3-5-10/h1-5,8-9,11,13-14,17,23-24H,6-7H2/t11-,13-,14-,17-/m1/s1. The summed E-state index contributed by atoms with van der Waals surface area (Å²) >= 11 is 6.00. The van der Waals surface area contributed by atoms with Crippen molar-refractivity contribution in [1.29, 1.82) is 0 Å². The van der Waals surface area contributed by atoms with Gasteiger partial charge in [0.2, 0.25) is 0 Å². The van der Waals surface area contributed by atoms with Gasteiger partial charge < -0.3 is 19.7 Å². The molecule has 4 rings (SSSR count). The molecule has 0 aliphatic carbocycles. The highest BCUT2D eigenvalue weighted by Crippen LogP contribution is 2.32. The van der Waals surface area contributed by atoms with E-state index in [0.717, 1.165) is 5.56 Å². The third-order valence-corrected chi connectivity index (χ3v) is 4.60. The molecule has 1 aliphatic heterocycles. The molecule has 1 aliphatic rings. The number of benzene rings is 1. The molecule has 136 valence electrons. The summed E-state index contributed by atoms with van der Waals surface area (Å²) in [6, 6.07) is 9.68. The lowest BCUT2D eigenvalue weighted by Crippen LogP contribution is -2.33. The fourth-order valence-corrected chi connectivity index (χ4v) is 3.15. The normalized spacial score (nSPS) is 25.8. The van der Waals surface area contributed by atoms with Crippen molar-refractivity contribution in [1.82, 2.24) is 19.5 Å². The van der Waals surface area contributed by atoms with E-state index in [0.29, 0.717) is 17.8 Å². The van der Waals surface area contributed by atoms with E-state index in [1.165, 1.54) is 17.2 Å². The first-order valence-corrected chi connectivity index (χ1v) is 8.49. The molecule has 4 atom stereocenters. The summed E-state index contributed by atoms with van der Waals surface area (Å²) in [6.45, 7) is 0.539. The van der Waals surface area contributed by atoms with E-state index in [-0.39, 0.29) is 11.8 Å². The van der Waals surface area contributed by atoms with Crippen molar-refractivity contribution in [3.63, 3.8) is 0 Å². The monoisotopic (exact) mass is 376 g/mol. The molecule has 0 unspecified atom stereocenters. The molecule has 9 heteroatoms. The van der Waals surface area contributed by atoms with Gasteiger partial charge in [-0.3, -0.25) is 4.57 Å². The van der Waals surface area contributed by atoms with Crippen molar-refractivity contribution in [2.45, 2.75) is 31.1 Å². The maximum Gasteiger partial charge on any atom is 0.167 e. The molecular formula is C17H17ClN4O4. The second kappa shape index (κ2) is 7.26. The van der Waals surface area contributed by atoms with Crippen LogP contribution in [0.5, 0.6) is 0 Å². The molecule has 0 bridgehead atoms. The Hall–Kier alpha value is -2.10. The van der Waals surface area contributed by atoms with E-state index in [2.05, 4.69) is 15.0 Å². The average molecular weight is 377 g/mol. The van der Waals surface area contributed by atoms with Crippen molar-refractivity contribution in [3.05, 3.63) is 53.7 Å². The zero-order valence-corrected chi connectivity index (χ0v) is 14.4. The lowest BCUT2D eigenvalue weighted by atomic mass is 10.1. The van der Waals surface area contributed by atoms with Crippen LogP contribution in [0, 0.1) is 0 Å². The number of aliphatic hydroxyl groups excluding tert-OH is 2. The summed E-state index contributed by atoms with van der Waals surface area (Å²) in [7, 11) is 0. The zero-order valence-electron chi connectivity index (χ0n) is 13.6. The maximum absolute atomic E-state index is 10.4. The van der Waals surface area contributed by atoms with Crippen LogP contribution in [0.15, 0.2) is 43.0 Å². The molecule has 8 nitrogen and oxygen atoms in total. The predicted molar refractivity (Wildman–Crippen MR) is 92.4 cm³/mol. The SMILES string of the molecule is O[C@@H]1[C@H](O)[C@@H](COCc2ccccc2)O[C@H]1n1cnc2c(Cl)ncnc21. The van der Waals surface area contributed by atoms with Gasteiger partial charge in [0.05, 0.1) is 19.5 Å². The largest absolute Gasteiger partial charge is 0.387 e. The number of halogens is 1. The summed E-state index contributed by atoms with van der Waals surface area (Å²) in [5.41, 5.74) is 1.85. The second-order valence-electron chi connectivity index (χ2n) is 6.04. The number of fused-ring (bicyclic) bond motifs is 1. The van der Waals surface area contributed by atoms with Crippen molar-refractivity contribution in [2.24, 2.45) is 0 Å². The van der Waals surface area contributed by atoms with E-state index >= 15 is 0 Å². The number of aliphatic hydroxyl groups is 2. The Morgan fingerprint density at radius 2 is 1.92 bits per heavy atom. The van der Waals surface area contributed by atoms with Crippen molar-refractivity contribution in [2.75, 3.05) is 6.61 Å².